The summed E-state index contributed by atoms with van der Waals surface area (Å²) >= 11 is 2.10. The number of hydrogen-bond donors (Lipinski definition) is 2. The van der Waals surface area contributed by atoms with Crippen LogP contribution >= 0.6 is 22.6 Å². The lowest BCUT2D eigenvalue weighted by Crippen LogP contribution is -2.20. The molecule has 0 bridgehead atoms. The Morgan fingerprint density at radius 2 is 1.76 bits per heavy atom. The standard InChI is InChI=1S/C27H28IN3O6/c1-5-36-24-13-18(15-29-31-27(33)19-9-10-22(34-3)23(14-19)35-4)12-21(28)26(24)37-16-25(32)30-20-8-6-7-17(2)11-20/h6-15H,5,16H2,1-4H3,(H,30,32)(H,31,33)/b29-15+. The minimum absolute atomic E-state index is 0.182. The van der Waals surface area contributed by atoms with E-state index in [0.29, 0.717) is 46.4 Å². The van der Waals surface area contributed by atoms with Gasteiger partial charge in [0.1, 0.15) is 0 Å². The summed E-state index contributed by atoms with van der Waals surface area (Å²) < 4.78 is 22.7. The van der Waals surface area contributed by atoms with Crippen LogP contribution in [-0.4, -0.2) is 45.5 Å². The molecule has 0 radical (unpaired) electrons. The lowest BCUT2D eigenvalue weighted by atomic mass is 10.2. The van der Waals surface area contributed by atoms with Crippen LogP contribution in [0.15, 0.2) is 59.7 Å². The Bertz CT molecular complexity index is 1300. The molecule has 0 aliphatic rings. The molecule has 0 fully saturated rings. The van der Waals surface area contributed by atoms with Crippen molar-refractivity contribution in [2.45, 2.75) is 13.8 Å². The number of aryl methyl sites for hydroxylation is 1. The number of nitrogens with zero attached hydrogens (tertiary/aromatic N) is 1. The van der Waals surface area contributed by atoms with E-state index >= 15 is 0 Å². The topological polar surface area (TPSA) is 107 Å². The first-order valence-corrected chi connectivity index (χ1v) is 12.4. The summed E-state index contributed by atoms with van der Waals surface area (Å²) in [5.41, 5.74) is 5.29. The van der Waals surface area contributed by atoms with E-state index < -0.39 is 5.91 Å². The number of rotatable bonds is 11. The third-order valence-electron chi connectivity index (χ3n) is 5.01. The summed E-state index contributed by atoms with van der Waals surface area (Å²) in [6, 6.07) is 15.9. The van der Waals surface area contributed by atoms with Gasteiger partial charge in [-0.2, -0.15) is 5.10 Å². The van der Waals surface area contributed by atoms with Crippen molar-refractivity contribution in [3.05, 3.63) is 74.9 Å². The predicted octanol–water partition coefficient (Wildman–Crippen LogP) is 4.80. The van der Waals surface area contributed by atoms with Crippen LogP contribution < -0.4 is 29.7 Å². The van der Waals surface area contributed by atoms with Crippen LogP contribution in [0.3, 0.4) is 0 Å². The molecule has 0 spiro atoms. The fourth-order valence-electron chi connectivity index (χ4n) is 3.33. The average molecular weight is 617 g/mol. The monoisotopic (exact) mass is 617 g/mol. The molecule has 2 N–H and O–H groups in total. The number of methoxy groups -OCH3 is 2. The molecule has 0 saturated heterocycles. The molecule has 0 aliphatic heterocycles. The van der Waals surface area contributed by atoms with Gasteiger partial charge >= 0.3 is 0 Å². The van der Waals surface area contributed by atoms with E-state index in [-0.39, 0.29) is 12.5 Å². The zero-order valence-corrected chi connectivity index (χ0v) is 23.1. The maximum absolute atomic E-state index is 12.5. The van der Waals surface area contributed by atoms with Crippen LogP contribution in [0.25, 0.3) is 0 Å². The number of carbonyl (C=O) groups is 2. The maximum Gasteiger partial charge on any atom is 0.271 e. The Morgan fingerprint density at radius 3 is 2.46 bits per heavy atom. The number of carbonyl (C=O) groups excluding carboxylic acids is 2. The van der Waals surface area contributed by atoms with E-state index in [1.165, 1.54) is 20.4 Å². The van der Waals surface area contributed by atoms with E-state index in [4.69, 9.17) is 18.9 Å². The van der Waals surface area contributed by atoms with Gasteiger partial charge in [0, 0.05) is 11.3 Å². The van der Waals surface area contributed by atoms with Gasteiger partial charge < -0.3 is 24.3 Å². The van der Waals surface area contributed by atoms with Crippen molar-refractivity contribution >= 4 is 46.3 Å². The first-order valence-electron chi connectivity index (χ1n) is 11.4. The number of ether oxygens (including phenoxy) is 4. The Morgan fingerprint density at radius 1 is 0.973 bits per heavy atom. The Labute approximate surface area is 229 Å². The van der Waals surface area contributed by atoms with E-state index in [0.717, 1.165) is 9.13 Å². The molecule has 0 unspecified atom stereocenters. The number of hydrogen-bond acceptors (Lipinski definition) is 7. The fraction of sp³-hybridized carbons (Fsp3) is 0.222. The maximum atomic E-state index is 12.5. The minimum Gasteiger partial charge on any atom is -0.493 e. The van der Waals surface area contributed by atoms with Crippen molar-refractivity contribution in [1.82, 2.24) is 5.43 Å². The van der Waals surface area contributed by atoms with Crippen LogP contribution in [-0.2, 0) is 4.79 Å². The number of hydrazone groups is 1. The Kier molecular flexibility index (Phi) is 10.1. The third kappa shape index (κ3) is 7.84. The molecule has 0 heterocycles. The molecular formula is C27H28IN3O6. The van der Waals surface area contributed by atoms with E-state index in [1.54, 1.807) is 24.3 Å². The van der Waals surface area contributed by atoms with Crippen molar-refractivity contribution in [2.75, 3.05) is 32.8 Å². The Hall–Kier alpha value is -3.80. The van der Waals surface area contributed by atoms with Crippen molar-refractivity contribution < 1.29 is 28.5 Å². The highest BCUT2D eigenvalue weighted by Gasteiger charge is 2.14. The molecule has 37 heavy (non-hydrogen) atoms. The number of halogens is 1. The summed E-state index contributed by atoms with van der Waals surface area (Å²) in [4.78, 5) is 24.9. The smallest absolute Gasteiger partial charge is 0.271 e. The predicted molar refractivity (Wildman–Crippen MR) is 150 cm³/mol. The van der Waals surface area contributed by atoms with Crippen LogP contribution in [0.1, 0.15) is 28.4 Å². The van der Waals surface area contributed by atoms with Gasteiger partial charge in [-0.25, -0.2) is 5.43 Å². The summed E-state index contributed by atoms with van der Waals surface area (Å²) in [7, 11) is 3.02. The molecule has 0 aliphatic carbocycles. The molecule has 194 valence electrons. The summed E-state index contributed by atoms with van der Waals surface area (Å²) in [6.07, 6.45) is 1.50. The first kappa shape index (κ1) is 27.8. The summed E-state index contributed by atoms with van der Waals surface area (Å²) in [6.45, 7) is 4.03. The minimum atomic E-state index is -0.406. The van der Waals surface area contributed by atoms with Crippen LogP contribution in [0.2, 0.25) is 0 Å². The van der Waals surface area contributed by atoms with E-state index in [9.17, 15) is 9.59 Å². The van der Waals surface area contributed by atoms with Crippen LogP contribution in [0.5, 0.6) is 23.0 Å². The molecule has 0 aromatic heterocycles. The number of anilines is 1. The molecule has 9 nitrogen and oxygen atoms in total. The number of amides is 2. The van der Waals surface area contributed by atoms with Gasteiger partial charge in [0.2, 0.25) is 0 Å². The third-order valence-corrected chi connectivity index (χ3v) is 5.81. The molecule has 0 saturated carbocycles. The fourth-order valence-corrected chi connectivity index (χ4v) is 4.11. The van der Waals surface area contributed by atoms with Crippen LogP contribution in [0, 0.1) is 10.5 Å². The molecule has 3 aromatic rings. The second-order valence-electron chi connectivity index (χ2n) is 7.74. The van der Waals surface area contributed by atoms with Gasteiger partial charge in [-0.3, -0.25) is 9.59 Å². The summed E-state index contributed by atoms with van der Waals surface area (Å²) in [5, 5.41) is 6.87. The normalized spacial score (nSPS) is 10.6. The van der Waals surface area contributed by atoms with Gasteiger partial charge in [-0.05, 0) is 90.0 Å². The van der Waals surface area contributed by atoms with Gasteiger partial charge in [-0.15, -0.1) is 0 Å². The zero-order valence-electron chi connectivity index (χ0n) is 21.0. The number of benzene rings is 3. The molecule has 3 rings (SSSR count). The van der Waals surface area contributed by atoms with Gasteiger partial charge in [0.15, 0.2) is 29.6 Å². The molecule has 10 heteroatoms. The highest BCUT2D eigenvalue weighted by molar-refractivity contribution is 14.1. The van der Waals surface area contributed by atoms with Crippen molar-refractivity contribution in [3.63, 3.8) is 0 Å². The number of nitrogens with one attached hydrogen (secondary N) is 2. The quantitative estimate of drug-likeness (QED) is 0.182. The lowest BCUT2D eigenvalue weighted by Gasteiger charge is -2.14. The Balaban J connectivity index is 1.67. The average Bonchev–Trinajstić information content (AvgIpc) is 2.88. The van der Waals surface area contributed by atoms with Crippen LogP contribution in [0.4, 0.5) is 5.69 Å². The van der Waals surface area contributed by atoms with Crippen molar-refractivity contribution in [3.8, 4) is 23.0 Å². The van der Waals surface area contributed by atoms with Gasteiger partial charge in [-0.1, -0.05) is 12.1 Å². The second-order valence-corrected chi connectivity index (χ2v) is 8.90. The van der Waals surface area contributed by atoms with Crippen molar-refractivity contribution in [2.24, 2.45) is 5.10 Å². The van der Waals surface area contributed by atoms with Gasteiger partial charge in [0.25, 0.3) is 11.8 Å². The largest absolute Gasteiger partial charge is 0.493 e. The molecular weight excluding hydrogens is 589 g/mol. The van der Waals surface area contributed by atoms with E-state index in [2.05, 4.69) is 38.4 Å². The lowest BCUT2D eigenvalue weighted by molar-refractivity contribution is -0.118. The van der Waals surface area contributed by atoms with Gasteiger partial charge in [0.05, 0.1) is 30.6 Å². The molecule has 2 amide bonds. The highest BCUT2D eigenvalue weighted by atomic mass is 127. The first-order chi connectivity index (χ1) is 17.8. The molecule has 0 atom stereocenters. The molecule has 3 aromatic carbocycles. The highest BCUT2D eigenvalue weighted by Crippen LogP contribution is 2.34. The second kappa shape index (κ2) is 13.5. The summed E-state index contributed by atoms with van der Waals surface area (Å²) in [5.74, 6) is 1.19. The SMILES string of the molecule is CCOc1cc(/C=N/NC(=O)c2ccc(OC)c(OC)c2)cc(I)c1OCC(=O)Nc1cccc(C)c1. The van der Waals surface area contributed by atoms with E-state index in [1.807, 2.05) is 44.2 Å². The zero-order chi connectivity index (χ0) is 26.8. The van der Waals surface area contributed by atoms with Crippen molar-refractivity contribution in [1.29, 1.82) is 0 Å².